The van der Waals surface area contributed by atoms with E-state index in [2.05, 4.69) is 0 Å². The Morgan fingerprint density at radius 1 is 1.45 bits per heavy atom. The summed E-state index contributed by atoms with van der Waals surface area (Å²) in [5, 5.41) is 0. The van der Waals surface area contributed by atoms with E-state index < -0.39 is 0 Å². The van der Waals surface area contributed by atoms with Crippen LogP contribution < -0.4 is 0 Å². The van der Waals surface area contributed by atoms with E-state index >= 15 is 0 Å². The van der Waals surface area contributed by atoms with Gasteiger partial charge in [0.1, 0.15) is 0 Å². The number of halogens is 1. The third-order valence-corrected chi connectivity index (χ3v) is 1.54. The average molecular weight is 179 g/mol. The molecular formula is C8H15ClO2. The fourth-order valence-electron chi connectivity index (χ4n) is 0.634. The zero-order valence-electron chi connectivity index (χ0n) is 6.94. The smallest absolute Gasteiger partial charge is 0.305 e. The summed E-state index contributed by atoms with van der Waals surface area (Å²) in [7, 11) is 0. The third-order valence-electron chi connectivity index (χ3n) is 1.28. The highest BCUT2D eigenvalue weighted by atomic mass is 35.5. The summed E-state index contributed by atoms with van der Waals surface area (Å²) in [5.74, 6) is 0.457. The molecule has 0 radical (unpaired) electrons. The van der Waals surface area contributed by atoms with Crippen LogP contribution in [0.5, 0.6) is 0 Å². The van der Waals surface area contributed by atoms with Crippen LogP contribution in [0.1, 0.15) is 32.6 Å². The van der Waals surface area contributed by atoms with Crippen molar-refractivity contribution in [3.63, 3.8) is 0 Å². The van der Waals surface area contributed by atoms with Gasteiger partial charge in [0.2, 0.25) is 0 Å². The van der Waals surface area contributed by atoms with E-state index in [1.807, 2.05) is 6.92 Å². The van der Waals surface area contributed by atoms with Gasteiger partial charge >= 0.3 is 5.97 Å². The Balaban J connectivity index is 3.09. The Bertz CT molecular complexity index is 104. The average Bonchev–Trinajstić information content (AvgIpc) is 2.01. The van der Waals surface area contributed by atoms with Crippen molar-refractivity contribution >= 4 is 17.6 Å². The molecule has 0 spiro atoms. The topological polar surface area (TPSA) is 26.3 Å². The number of hydrogen-bond acceptors (Lipinski definition) is 2. The summed E-state index contributed by atoms with van der Waals surface area (Å²) in [4.78, 5) is 10.8. The van der Waals surface area contributed by atoms with E-state index in [4.69, 9.17) is 16.3 Å². The molecule has 0 amide bonds. The molecule has 0 saturated carbocycles. The van der Waals surface area contributed by atoms with Gasteiger partial charge in [0.25, 0.3) is 0 Å². The van der Waals surface area contributed by atoms with E-state index in [1.54, 1.807) is 0 Å². The van der Waals surface area contributed by atoms with E-state index in [0.717, 1.165) is 19.3 Å². The quantitative estimate of drug-likeness (QED) is 0.355. The van der Waals surface area contributed by atoms with Gasteiger partial charge in [-0.05, 0) is 12.8 Å². The maximum absolute atomic E-state index is 10.8. The largest absolute Gasteiger partial charge is 0.466 e. The second kappa shape index (κ2) is 7.86. The SMILES string of the molecule is CCCCC(=O)OCCCCl. The molecule has 0 bridgehead atoms. The molecule has 0 aliphatic carbocycles. The van der Waals surface area contributed by atoms with Gasteiger partial charge in [0.05, 0.1) is 6.61 Å². The molecule has 3 heteroatoms. The molecule has 0 aromatic rings. The van der Waals surface area contributed by atoms with Crippen LogP contribution in [0.4, 0.5) is 0 Å². The first kappa shape index (κ1) is 10.8. The summed E-state index contributed by atoms with van der Waals surface area (Å²) in [6.45, 7) is 2.51. The summed E-state index contributed by atoms with van der Waals surface area (Å²) >= 11 is 5.40. The van der Waals surface area contributed by atoms with Crippen LogP contribution in [0, 0.1) is 0 Å². The van der Waals surface area contributed by atoms with Gasteiger partial charge in [-0.3, -0.25) is 4.79 Å². The van der Waals surface area contributed by atoms with Crippen LogP contribution >= 0.6 is 11.6 Å². The molecule has 0 unspecified atom stereocenters. The minimum atomic E-state index is -0.100. The molecule has 0 aliphatic rings. The van der Waals surface area contributed by atoms with Crippen LogP contribution in [0.25, 0.3) is 0 Å². The zero-order valence-corrected chi connectivity index (χ0v) is 7.69. The van der Waals surface area contributed by atoms with Crippen molar-refractivity contribution in [1.29, 1.82) is 0 Å². The van der Waals surface area contributed by atoms with E-state index in [1.165, 1.54) is 0 Å². The van der Waals surface area contributed by atoms with Gasteiger partial charge in [-0.15, -0.1) is 11.6 Å². The lowest BCUT2D eigenvalue weighted by Crippen LogP contribution is -2.05. The minimum Gasteiger partial charge on any atom is -0.466 e. The first-order chi connectivity index (χ1) is 5.31. The fourth-order valence-corrected chi connectivity index (χ4v) is 0.743. The van der Waals surface area contributed by atoms with Crippen molar-refractivity contribution in [2.45, 2.75) is 32.6 Å². The molecule has 0 aliphatic heterocycles. The summed E-state index contributed by atoms with van der Waals surface area (Å²) in [6, 6.07) is 0. The van der Waals surface area contributed by atoms with Crippen LogP contribution in [-0.4, -0.2) is 18.5 Å². The maximum Gasteiger partial charge on any atom is 0.305 e. The number of rotatable bonds is 6. The number of carbonyl (C=O) groups is 1. The molecule has 2 nitrogen and oxygen atoms in total. The second-order valence-electron chi connectivity index (χ2n) is 2.37. The second-order valence-corrected chi connectivity index (χ2v) is 2.74. The van der Waals surface area contributed by atoms with Gasteiger partial charge in [0, 0.05) is 12.3 Å². The Labute approximate surface area is 72.9 Å². The van der Waals surface area contributed by atoms with Gasteiger partial charge in [0.15, 0.2) is 0 Å². The molecule has 11 heavy (non-hydrogen) atoms. The highest BCUT2D eigenvalue weighted by Crippen LogP contribution is 1.97. The first-order valence-corrected chi connectivity index (χ1v) is 4.56. The number of esters is 1. The predicted molar refractivity (Wildman–Crippen MR) is 45.8 cm³/mol. The highest BCUT2D eigenvalue weighted by Gasteiger charge is 1.99. The fraction of sp³-hybridized carbons (Fsp3) is 0.875. The van der Waals surface area contributed by atoms with Crippen molar-refractivity contribution in [2.75, 3.05) is 12.5 Å². The molecule has 0 saturated heterocycles. The van der Waals surface area contributed by atoms with Crippen molar-refractivity contribution < 1.29 is 9.53 Å². The molecule has 66 valence electrons. The molecule has 0 fully saturated rings. The highest BCUT2D eigenvalue weighted by molar-refractivity contribution is 6.17. The lowest BCUT2D eigenvalue weighted by Gasteiger charge is -2.01. The van der Waals surface area contributed by atoms with Crippen LogP contribution in [0.3, 0.4) is 0 Å². The minimum absolute atomic E-state index is 0.100. The van der Waals surface area contributed by atoms with Gasteiger partial charge < -0.3 is 4.74 Å². The number of alkyl halides is 1. The molecule has 0 N–H and O–H groups in total. The van der Waals surface area contributed by atoms with E-state index in [-0.39, 0.29) is 5.97 Å². The van der Waals surface area contributed by atoms with Gasteiger partial charge in [-0.25, -0.2) is 0 Å². The molecule has 0 rings (SSSR count). The summed E-state index contributed by atoms with van der Waals surface area (Å²) in [6.07, 6.45) is 3.24. The first-order valence-electron chi connectivity index (χ1n) is 4.02. The van der Waals surface area contributed by atoms with Gasteiger partial charge in [-0.1, -0.05) is 13.3 Å². The van der Waals surface area contributed by atoms with Crippen LogP contribution in [-0.2, 0) is 9.53 Å². The normalized spacial score (nSPS) is 9.64. The summed E-state index contributed by atoms with van der Waals surface area (Å²) < 4.78 is 4.86. The number of hydrogen-bond donors (Lipinski definition) is 0. The standard InChI is InChI=1S/C8H15ClO2/c1-2-3-5-8(10)11-7-4-6-9/h2-7H2,1H3. The zero-order chi connectivity index (χ0) is 8.53. The lowest BCUT2D eigenvalue weighted by molar-refractivity contribution is -0.143. The molecular weight excluding hydrogens is 164 g/mol. The van der Waals surface area contributed by atoms with Crippen molar-refractivity contribution in [3.05, 3.63) is 0 Å². The predicted octanol–water partition coefficient (Wildman–Crippen LogP) is 2.35. The molecule has 0 heterocycles. The number of unbranched alkanes of at least 4 members (excludes halogenated alkanes) is 1. The molecule has 0 aromatic carbocycles. The molecule has 0 atom stereocenters. The van der Waals surface area contributed by atoms with E-state index in [0.29, 0.717) is 18.9 Å². The van der Waals surface area contributed by atoms with Crippen LogP contribution in [0.15, 0.2) is 0 Å². The number of ether oxygens (including phenoxy) is 1. The Morgan fingerprint density at radius 2 is 2.18 bits per heavy atom. The van der Waals surface area contributed by atoms with Crippen molar-refractivity contribution in [1.82, 2.24) is 0 Å². The van der Waals surface area contributed by atoms with Crippen LogP contribution in [0.2, 0.25) is 0 Å². The Hall–Kier alpha value is -0.240. The van der Waals surface area contributed by atoms with Gasteiger partial charge in [-0.2, -0.15) is 0 Å². The number of carbonyl (C=O) groups excluding carboxylic acids is 1. The van der Waals surface area contributed by atoms with Crippen molar-refractivity contribution in [2.24, 2.45) is 0 Å². The Morgan fingerprint density at radius 3 is 2.73 bits per heavy atom. The monoisotopic (exact) mass is 178 g/mol. The lowest BCUT2D eigenvalue weighted by atomic mass is 10.2. The maximum atomic E-state index is 10.8. The van der Waals surface area contributed by atoms with E-state index in [9.17, 15) is 4.79 Å². The molecule has 0 aromatic heterocycles. The summed E-state index contributed by atoms with van der Waals surface area (Å²) in [5.41, 5.74) is 0. The Kier molecular flexibility index (Phi) is 7.69. The third kappa shape index (κ3) is 7.66. The van der Waals surface area contributed by atoms with Crippen molar-refractivity contribution in [3.8, 4) is 0 Å².